The van der Waals surface area contributed by atoms with Gasteiger partial charge < -0.3 is 4.74 Å². The fourth-order valence-electron chi connectivity index (χ4n) is 1.75. The molecule has 0 radical (unpaired) electrons. The number of benzene rings is 2. The van der Waals surface area contributed by atoms with Gasteiger partial charge in [-0.2, -0.15) is 5.26 Å². The van der Waals surface area contributed by atoms with Gasteiger partial charge in [0, 0.05) is 5.75 Å². The van der Waals surface area contributed by atoms with Crippen LogP contribution in [0.2, 0.25) is 0 Å². The highest BCUT2D eigenvalue weighted by atomic mass is 32.2. The third-order valence-corrected chi connectivity index (χ3v) is 4.29. The maximum absolute atomic E-state index is 13.4. The Morgan fingerprint density at radius 2 is 1.86 bits per heavy atom. The predicted octanol–water partition coefficient (Wildman–Crippen LogP) is 3.27. The van der Waals surface area contributed by atoms with E-state index in [1.165, 1.54) is 12.1 Å². The molecule has 2 aromatic carbocycles. The number of nitrogens with zero attached hydrogens (tertiary/aromatic N) is 1. The first-order valence-corrected chi connectivity index (χ1v) is 7.78. The molecule has 0 aliphatic carbocycles. The maximum atomic E-state index is 13.4. The van der Waals surface area contributed by atoms with Crippen LogP contribution in [-0.2, 0) is 10.8 Å². The quantitative estimate of drug-likeness (QED) is 0.770. The minimum Gasteiger partial charge on any atom is -0.494 e. The first-order valence-electron chi connectivity index (χ1n) is 6.46. The second-order valence-electron chi connectivity index (χ2n) is 4.32. The second-order valence-corrected chi connectivity index (χ2v) is 5.86. The normalized spacial score (nSPS) is 11.6. The summed E-state index contributed by atoms with van der Waals surface area (Å²) in [6.45, 7) is 0.395. The molecule has 0 amide bonds. The molecule has 0 saturated carbocycles. The van der Waals surface area contributed by atoms with Gasteiger partial charge >= 0.3 is 0 Å². The van der Waals surface area contributed by atoms with Crippen molar-refractivity contribution < 1.29 is 13.3 Å². The highest BCUT2D eigenvalue weighted by molar-refractivity contribution is 7.85. The van der Waals surface area contributed by atoms with Crippen LogP contribution in [0, 0.1) is 17.1 Å². The lowest BCUT2D eigenvalue weighted by Crippen LogP contribution is -2.06. The number of rotatable bonds is 6. The Morgan fingerprint density at radius 3 is 2.52 bits per heavy atom. The Morgan fingerprint density at radius 1 is 1.14 bits per heavy atom. The van der Waals surface area contributed by atoms with Crippen molar-refractivity contribution in [2.75, 3.05) is 12.4 Å². The molecule has 1 unspecified atom stereocenters. The summed E-state index contributed by atoms with van der Waals surface area (Å²) >= 11 is 0. The summed E-state index contributed by atoms with van der Waals surface area (Å²) in [6.07, 6.45) is 0.556. The van der Waals surface area contributed by atoms with E-state index in [2.05, 4.69) is 0 Å². The molecule has 0 spiro atoms. The number of nitriles is 1. The second kappa shape index (κ2) is 7.55. The molecule has 1 atom stereocenters. The zero-order valence-electron chi connectivity index (χ0n) is 11.3. The van der Waals surface area contributed by atoms with E-state index >= 15 is 0 Å². The van der Waals surface area contributed by atoms with Gasteiger partial charge in [-0.15, -0.1) is 0 Å². The number of hydrogen-bond donors (Lipinski definition) is 0. The van der Waals surface area contributed by atoms with Gasteiger partial charge in [-0.1, -0.05) is 12.1 Å². The van der Waals surface area contributed by atoms with Gasteiger partial charge in [0.2, 0.25) is 0 Å². The van der Waals surface area contributed by atoms with E-state index in [-0.39, 0.29) is 4.90 Å². The van der Waals surface area contributed by atoms with Crippen molar-refractivity contribution in [2.24, 2.45) is 0 Å². The molecule has 108 valence electrons. The Bertz CT molecular complexity index is 665. The average molecular weight is 303 g/mol. The van der Waals surface area contributed by atoms with Crippen molar-refractivity contribution in [3.63, 3.8) is 0 Å². The zero-order valence-corrected chi connectivity index (χ0v) is 12.1. The topological polar surface area (TPSA) is 50.1 Å². The molecule has 0 aliphatic rings. The van der Waals surface area contributed by atoms with E-state index in [0.717, 1.165) is 0 Å². The molecule has 0 heterocycles. The summed E-state index contributed by atoms with van der Waals surface area (Å²) in [5.41, 5.74) is 0.572. The highest BCUT2D eigenvalue weighted by Gasteiger charge is 2.08. The van der Waals surface area contributed by atoms with Crippen molar-refractivity contribution in [1.29, 1.82) is 5.26 Å². The molecule has 0 fully saturated rings. The third kappa shape index (κ3) is 4.40. The number of hydrogen-bond acceptors (Lipinski definition) is 3. The first kappa shape index (κ1) is 15.2. The Hall–Kier alpha value is -2.19. The molecule has 5 heteroatoms. The van der Waals surface area contributed by atoms with Crippen LogP contribution < -0.4 is 4.74 Å². The van der Waals surface area contributed by atoms with Gasteiger partial charge in [-0.3, -0.25) is 4.21 Å². The van der Waals surface area contributed by atoms with Crippen molar-refractivity contribution in [1.82, 2.24) is 0 Å². The summed E-state index contributed by atoms with van der Waals surface area (Å²) < 4.78 is 30.9. The van der Waals surface area contributed by atoms with Crippen LogP contribution in [-0.4, -0.2) is 16.6 Å². The number of halogens is 1. The minimum absolute atomic E-state index is 0.232. The SMILES string of the molecule is N#Cc1ccc(OCCCS(=O)c2ccccc2F)cc1. The first-order chi connectivity index (χ1) is 10.2. The van der Waals surface area contributed by atoms with Gasteiger partial charge in [0.05, 0.1) is 33.9 Å². The van der Waals surface area contributed by atoms with E-state index in [9.17, 15) is 8.60 Å². The van der Waals surface area contributed by atoms with Crippen LogP contribution in [0.1, 0.15) is 12.0 Å². The van der Waals surface area contributed by atoms with Crippen LogP contribution in [0.5, 0.6) is 5.75 Å². The zero-order chi connectivity index (χ0) is 15.1. The molecule has 0 bridgehead atoms. The average Bonchev–Trinajstić information content (AvgIpc) is 2.52. The van der Waals surface area contributed by atoms with Gasteiger partial charge in [0.25, 0.3) is 0 Å². The Labute approximate surface area is 125 Å². The molecule has 0 N–H and O–H groups in total. The standard InChI is InChI=1S/C16H14FNO2S/c17-15-4-1-2-5-16(15)21(19)11-3-10-20-14-8-6-13(12-18)7-9-14/h1-2,4-9H,3,10-11H2. The Kier molecular flexibility index (Phi) is 5.47. The molecule has 2 rings (SSSR count). The van der Waals surface area contributed by atoms with E-state index < -0.39 is 16.6 Å². The van der Waals surface area contributed by atoms with E-state index in [0.29, 0.717) is 30.1 Å². The molecule has 0 aromatic heterocycles. The van der Waals surface area contributed by atoms with Crippen LogP contribution >= 0.6 is 0 Å². The maximum Gasteiger partial charge on any atom is 0.139 e. The molecular weight excluding hydrogens is 289 g/mol. The summed E-state index contributed by atoms with van der Waals surface area (Å²) in [6, 6.07) is 14.9. The van der Waals surface area contributed by atoms with Crippen LogP contribution in [0.15, 0.2) is 53.4 Å². The van der Waals surface area contributed by atoms with Gasteiger partial charge in [0.15, 0.2) is 0 Å². The van der Waals surface area contributed by atoms with Gasteiger partial charge in [0.1, 0.15) is 11.6 Å². The lowest BCUT2D eigenvalue weighted by atomic mass is 10.2. The largest absolute Gasteiger partial charge is 0.494 e. The monoisotopic (exact) mass is 303 g/mol. The van der Waals surface area contributed by atoms with Crippen molar-refractivity contribution in [3.05, 3.63) is 59.9 Å². The van der Waals surface area contributed by atoms with Crippen molar-refractivity contribution in [3.8, 4) is 11.8 Å². The Balaban J connectivity index is 1.78. The van der Waals surface area contributed by atoms with Crippen LogP contribution in [0.3, 0.4) is 0 Å². The molecule has 2 aromatic rings. The van der Waals surface area contributed by atoms with Gasteiger partial charge in [-0.25, -0.2) is 4.39 Å². The van der Waals surface area contributed by atoms with Crippen LogP contribution in [0.4, 0.5) is 4.39 Å². The lowest BCUT2D eigenvalue weighted by molar-refractivity contribution is 0.318. The summed E-state index contributed by atoms with van der Waals surface area (Å²) in [5.74, 6) is 0.562. The smallest absolute Gasteiger partial charge is 0.139 e. The molecule has 0 aliphatic heterocycles. The molecule has 21 heavy (non-hydrogen) atoms. The molecule has 0 saturated heterocycles. The summed E-state index contributed by atoms with van der Waals surface area (Å²) in [4.78, 5) is 0.232. The molecule has 3 nitrogen and oxygen atoms in total. The summed E-state index contributed by atoms with van der Waals surface area (Å²) in [5, 5.41) is 8.68. The predicted molar refractivity (Wildman–Crippen MR) is 78.9 cm³/mol. The number of ether oxygens (including phenoxy) is 1. The minimum atomic E-state index is -1.36. The van der Waals surface area contributed by atoms with E-state index in [4.69, 9.17) is 10.00 Å². The van der Waals surface area contributed by atoms with Gasteiger partial charge in [-0.05, 0) is 42.8 Å². The highest BCUT2D eigenvalue weighted by Crippen LogP contribution is 2.14. The van der Waals surface area contributed by atoms with E-state index in [1.807, 2.05) is 6.07 Å². The lowest BCUT2D eigenvalue weighted by Gasteiger charge is -2.06. The molecular formula is C16H14FNO2S. The van der Waals surface area contributed by atoms with Crippen molar-refractivity contribution in [2.45, 2.75) is 11.3 Å². The fraction of sp³-hybridized carbons (Fsp3) is 0.188. The summed E-state index contributed by atoms with van der Waals surface area (Å²) in [7, 11) is -1.36. The van der Waals surface area contributed by atoms with E-state index in [1.54, 1.807) is 36.4 Å². The van der Waals surface area contributed by atoms with Crippen molar-refractivity contribution >= 4 is 10.8 Å². The van der Waals surface area contributed by atoms with Crippen LogP contribution in [0.25, 0.3) is 0 Å². The fourth-order valence-corrected chi connectivity index (χ4v) is 2.86. The third-order valence-electron chi connectivity index (χ3n) is 2.81.